The first-order valence-electron chi connectivity index (χ1n) is 5.39. The summed E-state index contributed by atoms with van der Waals surface area (Å²) in [6, 6.07) is 9.54. The van der Waals surface area contributed by atoms with Crippen LogP contribution >= 0.6 is 23.2 Å². The summed E-state index contributed by atoms with van der Waals surface area (Å²) >= 11 is 12.0. The van der Waals surface area contributed by atoms with Gasteiger partial charge in [-0.2, -0.15) is 0 Å². The van der Waals surface area contributed by atoms with E-state index in [1.807, 2.05) is 0 Å². The molecule has 0 radical (unpaired) electrons. The number of methoxy groups -OCH3 is 1. The van der Waals surface area contributed by atoms with Gasteiger partial charge in [-0.15, -0.1) is 0 Å². The molecule has 0 bridgehead atoms. The van der Waals surface area contributed by atoms with Gasteiger partial charge in [0.1, 0.15) is 5.75 Å². The Balaban J connectivity index is 2.54. The van der Waals surface area contributed by atoms with Crippen molar-refractivity contribution in [3.8, 4) is 16.9 Å². The maximum absolute atomic E-state index is 11.5. The second-order valence-electron chi connectivity index (χ2n) is 3.85. The van der Waals surface area contributed by atoms with Crippen LogP contribution in [0.25, 0.3) is 11.1 Å². The third-order valence-corrected chi connectivity index (χ3v) is 3.28. The Hall–Kier alpha value is -1.71. The zero-order valence-electron chi connectivity index (χ0n) is 9.98. The largest absolute Gasteiger partial charge is 0.506 e. The molecule has 3 nitrogen and oxygen atoms in total. The molecule has 0 aromatic heterocycles. The minimum Gasteiger partial charge on any atom is -0.506 e. The van der Waals surface area contributed by atoms with E-state index in [1.54, 1.807) is 30.3 Å². The highest BCUT2D eigenvalue weighted by atomic mass is 35.5. The topological polar surface area (TPSA) is 46.5 Å². The van der Waals surface area contributed by atoms with E-state index in [-0.39, 0.29) is 10.8 Å². The number of aromatic hydroxyl groups is 1. The number of benzene rings is 2. The molecule has 0 aliphatic carbocycles. The van der Waals surface area contributed by atoms with Crippen molar-refractivity contribution in [2.45, 2.75) is 0 Å². The molecular weight excluding hydrogens is 287 g/mol. The Bertz CT molecular complexity index is 639. The van der Waals surface area contributed by atoms with Gasteiger partial charge < -0.3 is 9.84 Å². The molecule has 0 heterocycles. The Morgan fingerprint density at radius 2 is 1.84 bits per heavy atom. The maximum Gasteiger partial charge on any atom is 0.337 e. The van der Waals surface area contributed by atoms with Crippen LogP contribution in [0.2, 0.25) is 10.0 Å². The Morgan fingerprint density at radius 3 is 2.47 bits per heavy atom. The third-order valence-electron chi connectivity index (χ3n) is 2.65. The standard InChI is InChI=1S/C14H10Cl2O3/c1-19-14(18)9-2-4-11(15)10(6-9)8-3-5-13(17)12(16)7-8/h2-7,17H,1H3. The zero-order valence-corrected chi connectivity index (χ0v) is 11.5. The minimum atomic E-state index is -0.442. The summed E-state index contributed by atoms with van der Waals surface area (Å²) in [5, 5.41) is 10.1. The van der Waals surface area contributed by atoms with Gasteiger partial charge in [-0.3, -0.25) is 0 Å². The highest BCUT2D eigenvalue weighted by molar-refractivity contribution is 6.34. The predicted molar refractivity (Wildman–Crippen MR) is 74.9 cm³/mol. The van der Waals surface area contributed by atoms with Crippen LogP contribution in [-0.2, 0) is 4.74 Å². The highest BCUT2D eigenvalue weighted by Gasteiger charge is 2.11. The molecule has 19 heavy (non-hydrogen) atoms. The Morgan fingerprint density at radius 1 is 1.11 bits per heavy atom. The lowest BCUT2D eigenvalue weighted by Gasteiger charge is -2.08. The van der Waals surface area contributed by atoms with Gasteiger partial charge in [0, 0.05) is 10.6 Å². The predicted octanol–water partition coefficient (Wildman–Crippen LogP) is 4.15. The first-order valence-corrected chi connectivity index (χ1v) is 6.15. The van der Waals surface area contributed by atoms with Crippen LogP contribution in [0.4, 0.5) is 0 Å². The summed E-state index contributed by atoms with van der Waals surface area (Å²) in [4.78, 5) is 11.5. The summed E-state index contributed by atoms with van der Waals surface area (Å²) in [5.74, 6) is -0.451. The number of rotatable bonds is 2. The number of phenols is 1. The van der Waals surface area contributed by atoms with Gasteiger partial charge in [0.25, 0.3) is 0 Å². The van der Waals surface area contributed by atoms with Gasteiger partial charge in [-0.1, -0.05) is 29.3 Å². The SMILES string of the molecule is COC(=O)c1ccc(Cl)c(-c2ccc(O)c(Cl)c2)c1. The van der Waals surface area contributed by atoms with Crippen molar-refractivity contribution in [3.05, 3.63) is 52.0 Å². The van der Waals surface area contributed by atoms with Crippen LogP contribution in [0.15, 0.2) is 36.4 Å². The van der Waals surface area contributed by atoms with Crippen molar-refractivity contribution in [2.75, 3.05) is 7.11 Å². The van der Waals surface area contributed by atoms with E-state index in [9.17, 15) is 9.90 Å². The molecule has 0 spiro atoms. The van der Waals surface area contributed by atoms with E-state index in [0.29, 0.717) is 21.7 Å². The zero-order chi connectivity index (χ0) is 14.0. The molecule has 0 amide bonds. The summed E-state index contributed by atoms with van der Waals surface area (Å²) in [6.45, 7) is 0. The first-order chi connectivity index (χ1) is 9.02. The van der Waals surface area contributed by atoms with Crippen molar-refractivity contribution in [1.82, 2.24) is 0 Å². The van der Waals surface area contributed by atoms with E-state index >= 15 is 0 Å². The molecule has 0 atom stereocenters. The molecule has 1 N–H and O–H groups in total. The van der Waals surface area contributed by atoms with Gasteiger partial charge in [-0.05, 0) is 35.9 Å². The number of esters is 1. The Labute approximate surface area is 120 Å². The van der Waals surface area contributed by atoms with Crippen molar-refractivity contribution in [2.24, 2.45) is 0 Å². The second-order valence-corrected chi connectivity index (χ2v) is 4.67. The normalized spacial score (nSPS) is 10.3. The molecular formula is C14H10Cl2O3. The van der Waals surface area contributed by atoms with Gasteiger partial charge >= 0.3 is 5.97 Å². The van der Waals surface area contributed by atoms with Crippen LogP contribution in [0.5, 0.6) is 5.75 Å². The number of hydrogen-bond donors (Lipinski definition) is 1. The lowest BCUT2D eigenvalue weighted by molar-refractivity contribution is 0.0601. The van der Waals surface area contributed by atoms with Gasteiger partial charge in [0.2, 0.25) is 0 Å². The van der Waals surface area contributed by atoms with E-state index in [1.165, 1.54) is 13.2 Å². The van der Waals surface area contributed by atoms with Crippen molar-refractivity contribution in [3.63, 3.8) is 0 Å². The monoisotopic (exact) mass is 296 g/mol. The molecule has 98 valence electrons. The van der Waals surface area contributed by atoms with Crippen molar-refractivity contribution >= 4 is 29.2 Å². The lowest BCUT2D eigenvalue weighted by atomic mass is 10.0. The fourth-order valence-corrected chi connectivity index (χ4v) is 2.07. The first kappa shape index (κ1) is 13.7. The third kappa shape index (κ3) is 2.83. The molecule has 0 saturated carbocycles. The molecule has 2 rings (SSSR count). The maximum atomic E-state index is 11.5. The molecule has 0 unspecified atom stereocenters. The quantitative estimate of drug-likeness (QED) is 0.847. The van der Waals surface area contributed by atoms with Gasteiger partial charge in [0.05, 0.1) is 17.7 Å². The summed E-state index contributed by atoms with van der Waals surface area (Å²) in [5.41, 5.74) is 1.75. The highest BCUT2D eigenvalue weighted by Crippen LogP contribution is 2.33. The summed E-state index contributed by atoms with van der Waals surface area (Å²) < 4.78 is 4.66. The van der Waals surface area contributed by atoms with Crippen molar-refractivity contribution in [1.29, 1.82) is 0 Å². The van der Waals surface area contributed by atoms with E-state index in [4.69, 9.17) is 23.2 Å². The number of carbonyl (C=O) groups is 1. The smallest absolute Gasteiger partial charge is 0.337 e. The Kier molecular flexibility index (Phi) is 3.98. The molecule has 2 aromatic carbocycles. The molecule has 0 aliphatic heterocycles. The van der Waals surface area contributed by atoms with E-state index < -0.39 is 5.97 Å². The fourth-order valence-electron chi connectivity index (χ4n) is 1.67. The molecule has 0 aliphatic rings. The number of carbonyl (C=O) groups excluding carboxylic acids is 1. The fraction of sp³-hybridized carbons (Fsp3) is 0.0714. The molecule has 0 saturated heterocycles. The van der Waals surface area contributed by atoms with E-state index in [0.717, 1.165) is 0 Å². The van der Waals surface area contributed by atoms with E-state index in [2.05, 4.69) is 4.74 Å². The number of phenolic OH excluding ortho intramolecular Hbond substituents is 1. The average molecular weight is 297 g/mol. The van der Waals surface area contributed by atoms with Gasteiger partial charge in [-0.25, -0.2) is 4.79 Å². The van der Waals surface area contributed by atoms with Crippen LogP contribution in [0.1, 0.15) is 10.4 Å². The molecule has 5 heteroatoms. The number of halogens is 2. The van der Waals surface area contributed by atoms with Crippen LogP contribution in [0, 0.1) is 0 Å². The van der Waals surface area contributed by atoms with Crippen LogP contribution in [0.3, 0.4) is 0 Å². The molecule has 0 fully saturated rings. The van der Waals surface area contributed by atoms with Crippen LogP contribution in [-0.4, -0.2) is 18.2 Å². The van der Waals surface area contributed by atoms with Crippen LogP contribution < -0.4 is 0 Å². The average Bonchev–Trinajstić information content (AvgIpc) is 2.41. The summed E-state index contributed by atoms with van der Waals surface area (Å²) in [7, 11) is 1.31. The van der Waals surface area contributed by atoms with Gasteiger partial charge in [0.15, 0.2) is 0 Å². The summed E-state index contributed by atoms with van der Waals surface area (Å²) in [6.07, 6.45) is 0. The lowest BCUT2D eigenvalue weighted by Crippen LogP contribution is -2.01. The minimum absolute atomic E-state index is 0.00865. The second kappa shape index (κ2) is 5.51. The van der Waals surface area contributed by atoms with Crippen molar-refractivity contribution < 1.29 is 14.6 Å². The number of hydrogen-bond acceptors (Lipinski definition) is 3. The molecule has 2 aromatic rings. The number of ether oxygens (including phenoxy) is 1.